The largest absolute Gasteiger partial charge is 0.481 e. The summed E-state index contributed by atoms with van der Waals surface area (Å²) in [5, 5.41) is 24.8. The third-order valence-electron chi connectivity index (χ3n) is 9.73. The first-order valence-corrected chi connectivity index (χ1v) is 14.0. The Labute approximate surface area is 235 Å². The molecule has 3 saturated carbocycles. The van der Waals surface area contributed by atoms with E-state index in [4.69, 9.17) is 11.6 Å². The van der Waals surface area contributed by atoms with Crippen molar-refractivity contribution >= 4 is 23.5 Å². The Kier molecular flexibility index (Phi) is 7.22. The van der Waals surface area contributed by atoms with E-state index >= 15 is 0 Å². The first-order chi connectivity index (χ1) is 18.6. The van der Waals surface area contributed by atoms with Gasteiger partial charge in [-0.15, -0.1) is 0 Å². The molecule has 5 rings (SSSR count). The minimum Gasteiger partial charge on any atom is -0.481 e. The Hall–Kier alpha value is -2.66. The smallest absolute Gasteiger partial charge is 0.433 e. The zero-order chi connectivity index (χ0) is 29.2. The van der Waals surface area contributed by atoms with Gasteiger partial charge in [-0.25, -0.2) is 0 Å². The number of aliphatic hydroxyl groups is 1. The lowest BCUT2D eigenvalue weighted by Crippen LogP contribution is -2.43. The minimum atomic E-state index is -4.87. The second-order valence-corrected chi connectivity index (χ2v) is 12.9. The van der Waals surface area contributed by atoms with Gasteiger partial charge in [0, 0.05) is 12.2 Å². The number of carboxylic acid groups (broad SMARTS) is 1. The van der Waals surface area contributed by atoms with Gasteiger partial charge in [0.25, 0.3) is 5.91 Å². The van der Waals surface area contributed by atoms with E-state index in [0.717, 1.165) is 10.9 Å². The van der Waals surface area contributed by atoms with Gasteiger partial charge in [0.2, 0.25) is 0 Å². The first-order valence-electron chi connectivity index (χ1n) is 13.6. The fourth-order valence-electron chi connectivity index (χ4n) is 6.98. The summed E-state index contributed by atoms with van der Waals surface area (Å²) in [6, 6.07) is 2.13. The third kappa shape index (κ3) is 5.00. The molecule has 2 heterocycles. The highest BCUT2D eigenvalue weighted by Crippen LogP contribution is 2.67. The number of halogens is 4. The molecule has 4 atom stereocenters. The lowest BCUT2D eigenvalue weighted by molar-refractivity contribution is -0.152. The fourth-order valence-corrected chi connectivity index (χ4v) is 7.22. The molecule has 0 radical (unpaired) electrons. The van der Waals surface area contributed by atoms with Crippen LogP contribution in [0, 0.1) is 22.7 Å². The second-order valence-electron chi connectivity index (χ2n) is 12.4. The van der Waals surface area contributed by atoms with Crippen LogP contribution in [0.2, 0.25) is 5.02 Å². The van der Waals surface area contributed by atoms with Crippen LogP contribution in [0.4, 0.5) is 13.2 Å². The number of carbonyl (C=O) groups is 2. The molecular weight excluding hydrogens is 549 g/mol. The van der Waals surface area contributed by atoms with Crippen molar-refractivity contribution in [3.63, 3.8) is 0 Å². The highest BCUT2D eigenvalue weighted by molar-refractivity contribution is 6.31. The SMILES string of the molecule is CC1(C)[C@@H]2C[C@H](N(C[C@H](O)c3ncccc3Cl)C(=O)c3cnn([C@H]4CC[C@](C)(C(=O)O)CC4)c3C(F)(F)F)C[C@@H]21. The molecule has 0 aromatic carbocycles. The van der Waals surface area contributed by atoms with Crippen LogP contribution in [0.3, 0.4) is 0 Å². The van der Waals surface area contributed by atoms with Crippen molar-refractivity contribution in [3.8, 4) is 0 Å². The molecule has 3 aliphatic carbocycles. The maximum Gasteiger partial charge on any atom is 0.433 e. The zero-order valence-electron chi connectivity index (χ0n) is 22.7. The van der Waals surface area contributed by atoms with E-state index in [-0.39, 0.29) is 54.4 Å². The number of fused-ring (bicyclic) bond motifs is 1. The van der Waals surface area contributed by atoms with Crippen LogP contribution in [0.15, 0.2) is 24.5 Å². The van der Waals surface area contributed by atoms with E-state index in [2.05, 4.69) is 23.9 Å². The number of hydrogen-bond acceptors (Lipinski definition) is 5. The van der Waals surface area contributed by atoms with Crippen LogP contribution in [0.25, 0.3) is 0 Å². The van der Waals surface area contributed by atoms with E-state index < -0.39 is 46.9 Å². The summed E-state index contributed by atoms with van der Waals surface area (Å²) in [4.78, 5) is 31.1. The van der Waals surface area contributed by atoms with Crippen LogP contribution in [0.5, 0.6) is 0 Å². The Morgan fingerprint density at radius 1 is 1.20 bits per heavy atom. The Balaban J connectivity index is 1.46. The molecule has 3 fully saturated rings. The summed E-state index contributed by atoms with van der Waals surface area (Å²) in [7, 11) is 0. The van der Waals surface area contributed by atoms with E-state index in [0.29, 0.717) is 24.7 Å². The van der Waals surface area contributed by atoms with Gasteiger partial charge in [0.15, 0.2) is 5.69 Å². The molecule has 3 aliphatic rings. The fraction of sp³-hybridized carbons (Fsp3) is 0.643. The predicted molar refractivity (Wildman–Crippen MR) is 140 cm³/mol. The maximum atomic E-state index is 14.5. The topological polar surface area (TPSA) is 109 Å². The number of aliphatic hydroxyl groups excluding tert-OH is 1. The van der Waals surface area contributed by atoms with Gasteiger partial charge in [-0.3, -0.25) is 19.3 Å². The molecular formula is C28H34ClF3N4O4. The maximum absolute atomic E-state index is 14.5. The summed E-state index contributed by atoms with van der Waals surface area (Å²) >= 11 is 6.22. The molecule has 218 valence electrons. The lowest BCUT2D eigenvalue weighted by Gasteiger charge is -2.35. The normalized spacial score (nSPS) is 30.0. The summed E-state index contributed by atoms with van der Waals surface area (Å²) in [6.07, 6.45) is -1.67. The van der Waals surface area contributed by atoms with E-state index in [1.807, 2.05) is 0 Å². The van der Waals surface area contributed by atoms with E-state index in [1.54, 1.807) is 19.1 Å². The Bertz CT molecular complexity index is 1290. The summed E-state index contributed by atoms with van der Waals surface area (Å²) in [6.45, 7) is 5.64. The zero-order valence-corrected chi connectivity index (χ0v) is 23.4. The van der Waals surface area contributed by atoms with Crippen LogP contribution >= 0.6 is 11.6 Å². The predicted octanol–water partition coefficient (Wildman–Crippen LogP) is 5.77. The molecule has 40 heavy (non-hydrogen) atoms. The highest BCUT2D eigenvalue weighted by atomic mass is 35.5. The molecule has 0 unspecified atom stereocenters. The van der Waals surface area contributed by atoms with Crippen molar-refractivity contribution in [1.82, 2.24) is 19.7 Å². The number of alkyl halides is 3. The summed E-state index contributed by atoms with van der Waals surface area (Å²) in [5.74, 6) is -1.10. The number of carboxylic acids is 1. The molecule has 0 spiro atoms. The molecule has 8 nitrogen and oxygen atoms in total. The molecule has 0 saturated heterocycles. The van der Waals surface area contributed by atoms with Gasteiger partial charge in [-0.05, 0) is 74.8 Å². The third-order valence-corrected chi connectivity index (χ3v) is 10.0. The first kappa shape index (κ1) is 28.9. The number of carbonyl (C=O) groups excluding carboxylic acids is 1. The molecule has 0 aliphatic heterocycles. The van der Waals surface area contributed by atoms with Crippen molar-refractivity contribution < 1.29 is 33.0 Å². The van der Waals surface area contributed by atoms with Crippen LogP contribution in [0.1, 0.15) is 93.2 Å². The van der Waals surface area contributed by atoms with Crippen molar-refractivity contribution in [1.29, 1.82) is 0 Å². The van der Waals surface area contributed by atoms with Gasteiger partial charge in [-0.2, -0.15) is 18.3 Å². The van der Waals surface area contributed by atoms with Crippen molar-refractivity contribution in [2.24, 2.45) is 22.7 Å². The van der Waals surface area contributed by atoms with Crippen molar-refractivity contribution in [3.05, 3.63) is 46.5 Å². The summed E-state index contributed by atoms with van der Waals surface area (Å²) < 4.78 is 44.4. The molecule has 2 N–H and O–H groups in total. The average Bonchev–Trinajstić information content (AvgIpc) is 3.31. The van der Waals surface area contributed by atoms with Crippen LogP contribution < -0.4 is 0 Å². The molecule has 1 amide bonds. The van der Waals surface area contributed by atoms with Gasteiger partial charge in [0.05, 0.1) is 40.5 Å². The number of amides is 1. The number of hydrogen-bond donors (Lipinski definition) is 2. The summed E-state index contributed by atoms with van der Waals surface area (Å²) in [5.41, 5.74) is -2.43. The Morgan fingerprint density at radius 2 is 1.82 bits per heavy atom. The lowest BCUT2D eigenvalue weighted by atomic mass is 9.74. The average molecular weight is 583 g/mol. The van der Waals surface area contributed by atoms with E-state index in [1.165, 1.54) is 11.1 Å². The van der Waals surface area contributed by atoms with Gasteiger partial charge < -0.3 is 15.1 Å². The standard InChI is InChI=1S/C28H34ClF3N4O4/c1-26(2)18-11-16(12-19(18)26)35(14-21(37)22-20(29)5-4-10-33-22)24(38)17-13-34-36(23(17)28(30,31)32)15-6-8-27(3,9-7-15)25(39)40/h4-5,10,13,15-16,18-19,21,37H,6-9,11-12,14H2,1-3H3,(H,39,40)/t15-,16-,18+,19-,21-,27-/m0/s1. The molecule has 2 aromatic rings. The molecule has 0 bridgehead atoms. The number of pyridine rings is 1. The highest BCUT2D eigenvalue weighted by Gasteiger charge is 2.63. The van der Waals surface area contributed by atoms with Gasteiger partial charge in [0.1, 0.15) is 6.10 Å². The number of aliphatic carboxylic acids is 1. The Morgan fingerprint density at radius 3 is 2.38 bits per heavy atom. The van der Waals surface area contributed by atoms with Crippen molar-refractivity contribution in [2.75, 3.05) is 6.54 Å². The monoisotopic (exact) mass is 582 g/mol. The van der Waals surface area contributed by atoms with Gasteiger partial charge in [-0.1, -0.05) is 25.4 Å². The quantitative estimate of drug-likeness (QED) is 0.429. The number of nitrogens with zero attached hydrogens (tertiary/aromatic N) is 4. The van der Waals surface area contributed by atoms with E-state index in [9.17, 15) is 33.0 Å². The van der Waals surface area contributed by atoms with Gasteiger partial charge >= 0.3 is 12.1 Å². The molecule has 2 aromatic heterocycles. The number of aromatic nitrogens is 3. The molecule has 12 heteroatoms. The van der Waals surface area contributed by atoms with Crippen LogP contribution in [-0.4, -0.2) is 54.3 Å². The van der Waals surface area contributed by atoms with Crippen LogP contribution in [-0.2, 0) is 11.0 Å². The minimum absolute atomic E-state index is 0.127. The van der Waals surface area contributed by atoms with Crippen molar-refractivity contribution in [2.45, 2.75) is 83.7 Å². The number of rotatable bonds is 7. The second kappa shape index (κ2) is 10.0.